The number of nitro benzene ring substituents is 1. The molecule has 1 unspecified atom stereocenters. The van der Waals surface area contributed by atoms with Crippen molar-refractivity contribution in [3.05, 3.63) is 33.9 Å². The lowest BCUT2D eigenvalue weighted by molar-refractivity contribution is -0.385. The second-order valence-corrected chi connectivity index (χ2v) is 5.58. The number of hydrogen-bond acceptors (Lipinski definition) is 4. The van der Waals surface area contributed by atoms with Gasteiger partial charge in [0.15, 0.2) is 0 Å². The van der Waals surface area contributed by atoms with E-state index >= 15 is 0 Å². The highest BCUT2D eigenvalue weighted by Gasteiger charge is 2.17. The van der Waals surface area contributed by atoms with Crippen molar-refractivity contribution in [1.82, 2.24) is 4.90 Å². The minimum absolute atomic E-state index is 0.181. The smallest absolute Gasteiger partial charge is 0.274 e. The summed E-state index contributed by atoms with van der Waals surface area (Å²) in [5, 5.41) is 14.2. The van der Waals surface area contributed by atoms with Crippen LogP contribution in [-0.4, -0.2) is 35.5 Å². The molecular formula is C15H23N3O2. The molecule has 2 rings (SSSR count). The van der Waals surface area contributed by atoms with Crippen molar-refractivity contribution in [2.24, 2.45) is 0 Å². The average Bonchev–Trinajstić information content (AvgIpc) is 2.46. The van der Waals surface area contributed by atoms with Gasteiger partial charge in [0.05, 0.1) is 4.92 Å². The Morgan fingerprint density at radius 2 is 2.05 bits per heavy atom. The van der Waals surface area contributed by atoms with Crippen LogP contribution in [0.1, 0.15) is 31.7 Å². The molecule has 1 aromatic rings. The lowest BCUT2D eigenvalue weighted by atomic mass is 10.1. The molecule has 0 amide bonds. The summed E-state index contributed by atoms with van der Waals surface area (Å²) < 4.78 is 0. The molecule has 5 nitrogen and oxygen atoms in total. The predicted molar refractivity (Wildman–Crippen MR) is 81.2 cm³/mol. The Morgan fingerprint density at radius 3 is 2.70 bits per heavy atom. The zero-order chi connectivity index (χ0) is 14.5. The molecule has 1 aromatic carbocycles. The lowest BCUT2D eigenvalue weighted by Crippen LogP contribution is -2.41. The van der Waals surface area contributed by atoms with Crippen LogP contribution in [0.5, 0.6) is 0 Å². The summed E-state index contributed by atoms with van der Waals surface area (Å²) in [6.07, 6.45) is 3.89. The van der Waals surface area contributed by atoms with Gasteiger partial charge in [0.25, 0.3) is 5.69 Å². The monoisotopic (exact) mass is 277 g/mol. The van der Waals surface area contributed by atoms with Crippen LogP contribution in [0.4, 0.5) is 11.4 Å². The number of likely N-dealkylation sites (tertiary alicyclic amines) is 1. The maximum absolute atomic E-state index is 10.9. The number of hydrogen-bond donors (Lipinski definition) is 1. The van der Waals surface area contributed by atoms with E-state index in [4.69, 9.17) is 0 Å². The van der Waals surface area contributed by atoms with Crippen LogP contribution in [0.25, 0.3) is 0 Å². The largest absolute Gasteiger partial charge is 0.383 e. The highest BCUT2D eigenvalue weighted by molar-refractivity contribution is 5.54. The van der Waals surface area contributed by atoms with E-state index in [1.807, 2.05) is 6.07 Å². The van der Waals surface area contributed by atoms with Crippen molar-refractivity contribution in [2.45, 2.75) is 39.2 Å². The Labute approximate surface area is 120 Å². The second kappa shape index (κ2) is 6.70. The molecule has 0 aromatic heterocycles. The number of anilines is 1. The fraction of sp³-hybridized carbons (Fsp3) is 0.600. The van der Waals surface area contributed by atoms with E-state index < -0.39 is 0 Å². The van der Waals surface area contributed by atoms with Crippen molar-refractivity contribution in [2.75, 3.05) is 25.0 Å². The highest BCUT2D eigenvalue weighted by Crippen LogP contribution is 2.22. The Balaban J connectivity index is 1.93. The summed E-state index contributed by atoms with van der Waals surface area (Å²) in [4.78, 5) is 13.1. The molecule has 1 aliphatic heterocycles. The van der Waals surface area contributed by atoms with Gasteiger partial charge in [-0.3, -0.25) is 15.0 Å². The van der Waals surface area contributed by atoms with Gasteiger partial charge in [-0.25, -0.2) is 0 Å². The Hall–Kier alpha value is -1.62. The molecule has 0 aliphatic carbocycles. The van der Waals surface area contributed by atoms with E-state index in [-0.39, 0.29) is 10.6 Å². The van der Waals surface area contributed by atoms with Gasteiger partial charge in [-0.05, 0) is 45.8 Å². The highest BCUT2D eigenvalue weighted by atomic mass is 16.6. The molecule has 1 atom stereocenters. The number of nitrogens with zero attached hydrogens (tertiary/aromatic N) is 2. The summed E-state index contributed by atoms with van der Waals surface area (Å²) in [6, 6.07) is 5.78. The first-order chi connectivity index (χ1) is 9.58. The fourth-order valence-corrected chi connectivity index (χ4v) is 2.67. The van der Waals surface area contributed by atoms with Gasteiger partial charge >= 0.3 is 0 Å². The normalized spacial score (nSPS) is 17.7. The third-order valence-corrected chi connectivity index (χ3v) is 4.02. The molecule has 5 heteroatoms. The van der Waals surface area contributed by atoms with E-state index in [1.54, 1.807) is 19.1 Å². The maximum atomic E-state index is 10.9. The van der Waals surface area contributed by atoms with Gasteiger partial charge in [-0.1, -0.05) is 12.5 Å². The van der Waals surface area contributed by atoms with Gasteiger partial charge in [0.1, 0.15) is 0 Å². The van der Waals surface area contributed by atoms with Crippen LogP contribution in [0.15, 0.2) is 18.2 Å². The number of nitrogens with one attached hydrogen (secondary N) is 1. The summed E-state index contributed by atoms with van der Waals surface area (Å²) in [7, 11) is 0. The van der Waals surface area contributed by atoms with E-state index in [9.17, 15) is 10.1 Å². The summed E-state index contributed by atoms with van der Waals surface area (Å²) in [5.74, 6) is 0. The maximum Gasteiger partial charge on any atom is 0.274 e. The standard InChI is InChI=1S/C15H23N3O2/c1-12-6-7-14(10-15(12)18(19)20)16-11-13(2)17-8-4-3-5-9-17/h6-7,10,13,16H,3-5,8-9,11H2,1-2H3. The van der Waals surface area contributed by atoms with Crippen molar-refractivity contribution < 1.29 is 4.92 Å². The van der Waals surface area contributed by atoms with Gasteiger partial charge < -0.3 is 5.32 Å². The molecule has 0 bridgehead atoms. The van der Waals surface area contributed by atoms with Crippen LogP contribution in [0, 0.1) is 17.0 Å². The van der Waals surface area contributed by atoms with Crippen LogP contribution >= 0.6 is 0 Å². The first-order valence-corrected chi connectivity index (χ1v) is 7.31. The van der Waals surface area contributed by atoms with Crippen molar-refractivity contribution >= 4 is 11.4 Å². The van der Waals surface area contributed by atoms with Crippen molar-refractivity contribution in [3.8, 4) is 0 Å². The zero-order valence-corrected chi connectivity index (χ0v) is 12.3. The second-order valence-electron chi connectivity index (χ2n) is 5.58. The van der Waals surface area contributed by atoms with E-state index in [0.29, 0.717) is 11.6 Å². The average molecular weight is 277 g/mol. The number of piperidine rings is 1. The van der Waals surface area contributed by atoms with Gasteiger partial charge in [0, 0.05) is 29.9 Å². The van der Waals surface area contributed by atoms with Crippen LogP contribution in [0.2, 0.25) is 0 Å². The SMILES string of the molecule is Cc1ccc(NCC(C)N2CCCCC2)cc1[N+](=O)[O-]. The minimum atomic E-state index is -0.325. The van der Waals surface area contributed by atoms with Crippen molar-refractivity contribution in [1.29, 1.82) is 0 Å². The van der Waals surface area contributed by atoms with E-state index in [1.165, 1.54) is 19.3 Å². The molecule has 110 valence electrons. The molecule has 20 heavy (non-hydrogen) atoms. The zero-order valence-electron chi connectivity index (χ0n) is 12.3. The molecular weight excluding hydrogens is 254 g/mol. The van der Waals surface area contributed by atoms with Gasteiger partial charge in [-0.15, -0.1) is 0 Å². The Morgan fingerprint density at radius 1 is 1.35 bits per heavy atom. The predicted octanol–water partition coefficient (Wildman–Crippen LogP) is 3.19. The summed E-state index contributed by atoms with van der Waals surface area (Å²) >= 11 is 0. The molecule has 0 radical (unpaired) electrons. The molecule has 1 aliphatic rings. The molecule has 0 saturated carbocycles. The third-order valence-electron chi connectivity index (χ3n) is 4.02. The molecule has 1 saturated heterocycles. The van der Waals surface area contributed by atoms with Gasteiger partial charge in [0.2, 0.25) is 0 Å². The van der Waals surface area contributed by atoms with E-state index in [0.717, 1.165) is 25.3 Å². The quantitative estimate of drug-likeness (QED) is 0.663. The molecule has 1 fully saturated rings. The number of rotatable bonds is 5. The number of aryl methyl sites for hydroxylation is 1. The topological polar surface area (TPSA) is 58.4 Å². The number of benzene rings is 1. The lowest BCUT2D eigenvalue weighted by Gasteiger charge is -2.32. The Kier molecular flexibility index (Phi) is 4.95. The van der Waals surface area contributed by atoms with Crippen LogP contribution < -0.4 is 5.32 Å². The molecule has 1 heterocycles. The van der Waals surface area contributed by atoms with Crippen LogP contribution in [0.3, 0.4) is 0 Å². The summed E-state index contributed by atoms with van der Waals surface area (Å²) in [5.41, 5.74) is 1.71. The molecule has 0 spiro atoms. The van der Waals surface area contributed by atoms with E-state index in [2.05, 4.69) is 17.1 Å². The summed E-state index contributed by atoms with van der Waals surface area (Å²) in [6.45, 7) is 7.12. The van der Waals surface area contributed by atoms with Crippen molar-refractivity contribution in [3.63, 3.8) is 0 Å². The third kappa shape index (κ3) is 3.70. The Bertz CT molecular complexity index is 470. The number of nitro groups is 1. The minimum Gasteiger partial charge on any atom is -0.383 e. The fourth-order valence-electron chi connectivity index (χ4n) is 2.67. The first kappa shape index (κ1) is 14.8. The van der Waals surface area contributed by atoms with Gasteiger partial charge in [-0.2, -0.15) is 0 Å². The molecule has 1 N–H and O–H groups in total. The first-order valence-electron chi connectivity index (χ1n) is 7.31. The van der Waals surface area contributed by atoms with Crippen LogP contribution in [-0.2, 0) is 0 Å².